The largest absolute Gasteiger partial charge is 0.469 e. The second-order valence-electron chi connectivity index (χ2n) is 11.5. The summed E-state index contributed by atoms with van der Waals surface area (Å²) in [6.45, 7) is 14.6. The fourth-order valence-electron chi connectivity index (χ4n) is 4.12. The van der Waals surface area contributed by atoms with Crippen LogP contribution in [0.4, 0.5) is 9.59 Å². The molecular weight excluding hydrogens is 470 g/mol. The molecule has 0 aliphatic carbocycles. The molecule has 4 unspecified atom stereocenters. The number of hydrogen-bond donors (Lipinski definition) is 1. The van der Waals surface area contributed by atoms with Gasteiger partial charge in [0, 0.05) is 32.2 Å². The van der Waals surface area contributed by atoms with Gasteiger partial charge in [0.05, 0.1) is 26.1 Å². The van der Waals surface area contributed by atoms with Crippen molar-refractivity contribution < 1.29 is 38.1 Å². The summed E-state index contributed by atoms with van der Waals surface area (Å²) in [6.07, 6.45) is 0.493. The van der Waals surface area contributed by atoms with E-state index in [2.05, 4.69) is 0 Å². The van der Waals surface area contributed by atoms with E-state index in [0.29, 0.717) is 32.6 Å². The van der Waals surface area contributed by atoms with Gasteiger partial charge in [0.1, 0.15) is 11.2 Å². The lowest BCUT2D eigenvalue weighted by Gasteiger charge is -2.36. The van der Waals surface area contributed by atoms with E-state index in [0.717, 1.165) is 6.42 Å². The zero-order valence-corrected chi connectivity index (χ0v) is 23.3. The van der Waals surface area contributed by atoms with Crippen molar-refractivity contribution in [1.82, 2.24) is 9.80 Å². The third-order valence-electron chi connectivity index (χ3n) is 5.52. The minimum atomic E-state index is -0.556. The molecule has 2 aliphatic heterocycles. The maximum atomic E-state index is 12.0. The van der Waals surface area contributed by atoms with E-state index in [1.807, 2.05) is 27.7 Å². The first-order valence-corrected chi connectivity index (χ1v) is 12.3. The molecule has 2 amide bonds. The lowest BCUT2D eigenvalue weighted by Crippen LogP contribution is -2.52. The number of nitrogens with zero attached hydrogens (tertiary/aromatic N) is 2. The van der Waals surface area contributed by atoms with Crippen LogP contribution >= 0.6 is 0 Å². The van der Waals surface area contributed by atoms with E-state index in [9.17, 15) is 19.2 Å². The molecular formula is C25H45N3O8. The minimum Gasteiger partial charge on any atom is -0.469 e. The minimum absolute atomic E-state index is 0.227. The zero-order chi connectivity index (χ0) is 27.8. The average Bonchev–Trinajstić information content (AvgIpc) is 2.75. The number of methoxy groups -OCH3 is 2. The number of hydrogen-bond acceptors (Lipinski definition) is 9. The Bertz CT molecular complexity index is 710. The zero-order valence-electron chi connectivity index (χ0n) is 23.3. The predicted molar refractivity (Wildman–Crippen MR) is 133 cm³/mol. The number of rotatable bonds is 2. The lowest BCUT2D eigenvalue weighted by molar-refractivity contribution is -0.148. The molecule has 11 heteroatoms. The number of piperidine rings is 2. The van der Waals surface area contributed by atoms with E-state index in [-0.39, 0.29) is 41.8 Å². The molecule has 0 aromatic carbocycles. The summed E-state index contributed by atoms with van der Waals surface area (Å²) in [6, 6.07) is -0.227. The van der Waals surface area contributed by atoms with Crippen LogP contribution in [0.15, 0.2) is 0 Å². The van der Waals surface area contributed by atoms with Crippen LogP contribution in [0.5, 0.6) is 0 Å². The highest BCUT2D eigenvalue weighted by atomic mass is 16.6. The molecule has 0 aromatic rings. The van der Waals surface area contributed by atoms with Gasteiger partial charge >= 0.3 is 24.1 Å². The van der Waals surface area contributed by atoms with Crippen molar-refractivity contribution in [2.45, 2.75) is 78.6 Å². The van der Waals surface area contributed by atoms with Gasteiger partial charge in [-0.15, -0.1) is 0 Å². The van der Waals surface area contributed by atoms with Crippen LogP contribution in [-0.4, -0.2) is 91.6 Å². The number of esters is 2. The number of ether oxygens (including phenoxy) is 4. The van der Waals surface area contributed by atoms with Crippen LogP contribution < -0.4 is 5.73 Å². The van der Waals surface area contributed by atoms with Gasteiger partial charge in [0.15, 0.2) is 0 Å². The molecule has 2 rings (SSSR count). The van der Waals surface area contributed by atoms with Crippen molar-refractivity contribution in [3.63, 3.8) is 0 Å². The van der Waals surface area contributed by atoms with E-state index >= 15 is 0 Å². The Morgan fingerprint density at radius 1 is 0.694 bits per heavy atom. The van der Waals surface area contributed by atoms with Gasteiger partial charge in [0.25, 0.3) is 0 Å². The number of amides is 2. The van der Waals surface area contributed by atoms with E-state index < -0.39 is 17.3 Å². The van der Waals surface area contributed by atoms with Gasteiger partial charge in [-0.1, -0.05) is 6.92 Å². The molecule has 11 nitrogen and oxygen atoms in total. The van der Waals surface area contributed by atoms with Crippen LogP contribution in [0.25, 0.3) is 0 Å². The molecule has 0 bridgehead atoms. The first kappa shape index (κ1) is 31.5. The van der Waals surface area contributed by atoms with Crippen molar-refractivity contribution in [3.05, 3.63) is 0 Å². The molecule has 2 saturated heterocycles. The summed E-state index contributed by atoms with van der Waals surface area (Å²) >= 11 is 0. The Kier molecular flexibility index (Phi) is 11.5. The van der Waals surface area contributed by atoms with Crippen LogP contribution in [0.3, 0.4) is 0 Å². The van der Waals surface area contributed by atoms with Gasteiger partial charge in [-0.05, 0) is 60.3 Å². The normalized spacial score (nSPS) is 24.6. The van der Waals surface area contributed by atoms with Gasteiger partial charge in [0.2, 0.25) is 0 Å². The quantitative estimate of drug-likeness (QED) is 0.434. The summed E-state index contributed by atoms with van der Waals surface area (Å²) in [7, 11) is 2.71. The van der Waals surface area contributed by atoms with Gasteiger partial charge in [-0.2, -0.15) is 0 Å². The Hall–Kier alpha value is -2.56. The summed E-state index contributed by atoms with van der Waals surface area (Å²) < 4.78 is 20.0. The summed E-state index contributed by atoms with van der Waals surface area (Å²) in [5, 5.41) is 0. The van der Waals surface area contributed by atoms with Gasteiger partial charge < -0.3 is 34.5 Å². The number of carbonyl (C=O) groups is 4. The Balaban J connectivity index is 0.000000360. The highest BCUT2D eigenvalue weighted by molar-refractivity contribution is 5.75. The topological polar surface area (TPSA) is 138 Å². The molecule has 2 aliphatic rings. The van der Waals surface area contributed by atoms with Crippen molar-refractivity contribution >= 4 is 24.1 Å². The average molecular weight is 516 g/mol. The third kappa shape index (κ3) is 11.0. The van der Waals surface area contributed by atoms with Crippen molar-refractivity contribution in [3.8, 4) is 0 Å². The van der Waals surface area contributed by atoms with E-state index in [4.69, 9.17) is 24.7 Å². The molecule has 0 radical (unpaired) electrons. The summed E-state index contributed by atoms with van der Waals surface area (Å²) in [4.78, 5) is 50.0. The third-order valence-corrected chi connectivity index (χ3v) is 5.52. The Morgan fingerprint density at radius 2 is 1.08 bits per heavy atom. The van der Waals surface area contributed by atoms with Crippen LogP contribution in [0, 0.1) is 17.8 Å². The van der Waals surface area contributed by atoms with Crippen molar-refractivity contribution in [2.24, 2.45) is 23.5 Å². The predicted octanol–water partition coefficient (Wildman–Crippen LogP) is 2.80. The smallest absolute Gasteiger partial charge is 0.410 e. The highest BCUT2D eigenvalue weighted by Crippen LogP contribution is 2.24. The number of carbonyl (C=O) groups excluding carboxylic acids is 4. The number of likely N-dealkylation sites (tertiary alicyclic amines) is 2. The molecule has 4 atom stereocenters. The van der Waals surface area contributed by atoms with E-state index in [1.54, 1.807) is 25.7 Å². The molecule has 0 spiro atoms. The molecule has 2 N–H and O–H groups in total. The van der Waals surface area contributed by atoms with Crippen LogP contribution in [0.1, 0.15) is 61.3 Å². The Morgan fingerprint density at radius 3 is 1.47 bits per heavy atom. The summed E-state index contributed by atoms with van der Waals surface area (Å²) in [5.41, 5.74) is 4.78. The maximum absolute atomic E-state index is 12.0. The SMILES string of the molecule is COC(=O)C1CC(C)CN(C(=O)OC(C)(C)C)C1.COC(=O)C1CC(N)CN(C(=O)OC(C)(C)C)C1. The van der Waals surface area contributed by atoms with Crippen LogP contribution in [0.2, 0.25) is 0 Å². The molecule has 36 heavy (non-hydrogen) atoms. The maximum Gasteiger partial charge on any atom is 0.410 e. The molecule has 2 heterocycles. The second kappa shape index (κ2) is 13.1. The summed E-state index contributed by atoms with van der Waals surface area (Å²) in [5.74, 6) is -0.929. The van der Waals surface area contributed by atoms with Crippen molar-refractivity contribution in [2.75, 3.05) is 40.4 Å². The monoisotopic (exact) mass is 515 g/mol. The fraction of sp³-hybridized carbons (Fsp3) is 0.840. The van der Waals surface area contributed by atoms with Crippen molar-refractivity contribution in [1.29, 1.82) is 0 Å². The van der Waals surface area contributed by atoms with Gasteiger partial charge in [-0.25, -0.2) is 9.59 Å². The second-order valence-corrected chi connectivity index (χ2v) is 11.5. The number of nitrogens with two attached hydrogens (primary N) is 1. The van der Waals surface area contributed by atoms with Gasteiger partial charge in [-0.3, -0.25) is 9.59 Å². The molecule has 208 valence electrons. The standard InChI is InChI=1S/C13H23NO4.C12H22N2O4/c1-9-6-10(11(15)17-5)8-14(7-9)12(16)18-13(2,3)4;1-12(2,3)18-11(16)14-6-8(10(15)17-4)5-9(13)7-14/h9-10H,6-8H2,1-5H3;8-9H,5-7,13H2,1-4H3. The molecule has 0 aromatic heterocycles. The fourth-order valence-corrected chi connectivity index (χ4v) is 4.12. The van der Waals surface area contributed by atoms with E-state index in [1.165, 1.54) is 19.1 Å². The first-order valence-electron chi connectivity index (χ1n) is 12.3. The van der Waals surface area contributed by atoms with Crippen LogP contribution in [-0.2, 0) is 28.5 Å². The molecule has 2 fully saturated rings. The lowest BCUT2D eigenvalue weighted by atomic mass is 9.91. The highest BCUT2D eigenvalue weighted by Gasteiger charge is 2.36. The molecule has 0 saturated carbocycles. The Labute approximate surface area is 214 Å². The first-order chi connectivity index (χ1) is 16.5.